The molecule has 0 atom stereocenters. The van der Waals surface area contributed by atoms with Crippen molar-refractivity contribution in [1.29, 1.82) is 0 Å². The van der Waals surface area contributed by atoms with Gasteiger partial charge in [0.15, 0.2) is 0 Å². The molecule has 0 radical (unpaired) electrons. The van der Waals surface area contributed by atoms with Gasteiger partial charge < -0.3 is 10.0 Å². The molecule has 1 aromatic rings. The molecule has 0 bridgehead atoms. The van der Waals surface area contributed by atoms with E-state index in [1.54, 1.807) is 14.1 Å². The molecule has 84 valence electrons. The molecule has 15 heavy (non-hydrogen) atoms. The molecule has 0 saturated carbocycles. The Hall–Kier alpha value is -1.30. The van der Waals surface area contributed by atoms with Gasteiger partial charge in [-0.05, 0) is 6.07 Å². The van der Waals surface area contributed by atoms with Gasteiger partial charge in [0.1, 0.15) is 11.5 Å². The smallest absolute Gasteiger partial charge is 0.392 e. The van der Waals surface area contributed by atoms with E-state index in [1.807, 2.05) is 0 Å². The molecule has 1 aromatic heterocycles. The first-order valence-corrected chi connectivity index (χ1v) is 4.21. The second-order valence-electron chi connectivity index (χ2n) is 3.23. The summed E-state index contributed by atoms with van der Waals surface area (Å²) in [4.78, 5) is 4.89. The number of aromatic nitrogens is 1. The van der Waals surface area contributed by atoms with E-state index in [-0.39, 0.29) is 12.4 Å². The monoisotopic (exact) mass is 220 g/mol. The van der Waals surface area contributed by atoms with Crippen molar-refractivity contribution in [1.82, 2.24) is 4.98 Å². The summed E-state index contributed by atoms with van der Waals surface area (Å²) in [5.41, 5.74) is -0.587. The highest BCUT2D eigenvalue weighted by Crippen LogP contribution is 2.30. The molecule has 6 heteroatoms. The Morgan fingerprint density at radius 2 is 1.93 bits per heavy atom. The second kappa shape index (κ2) is 4.06. The van der Waals surface area contributed by atoms with Crippen LogP contribution < -0.4 is 4.90 Å². The SMILES string of the molecule is CN(C)c1nc(C(F)(F)F)ccc1CO. The highest BCUT2D eigenvalue weighted by atomic mass is 19.4. The van der Waals surface area contributed by atoms with Crippen LogP contribution in [0.15, 0.2) is 12.1 Å². The van der Waals surface area contributed by atoms with Crippen LogP contribution in [0.4, 0.5) is 19.0 Å². The summed E-state index contributed by atoms with van der Waals surface area (Å²) in [6.07, 6.45) is -4.46. The molecule has 0 aromatic carbocycles. The number of alkyl halides is 3. The highest BCUT2D eigenvalue weighted by molar-refractivity contribution is 5.46. The largest absolute Gasteiger partial charge is 0.433 e. The minimum atomic E-state index is -4.46. The molecule has 1 heterocycles. The molecule has 1 rings (SSSR count). The Kier molecular flexibility index (Phi) is 3.18. The molecule has 3 nitrogen and oxygen atoms in total. The van der Waals surface area contributed by atoms with Crippen molar-refractivity contribution < 1.29 is 18.3 Å². The number of hydrogen-bond donors (Lipinski definition) is 1. The second-order valence-corrected chi connectivity index (χ2v) is 3.23. The third-order valence-corrected chi connectivity index (χ3v) is 1.84. The lowest BCUT2D eigenvalue weighted by Crippen LogP contribution is -2.17. The molecule has 0 fully saturated rings. The number of pyridine rings is 1. The van der Waals surface area contributed by atoms with E-state index in [0.717, 1.165) is 6.07 Å². The molecular formula is C9H11F3N2O. The summed E-state index contributed by atoms with van der Waals surface area (Å²) in [6.45, 7) is -0.335. The Labute approximate surface area is 85.2 Å². The standard InChI is InChI=1S/C9H11F3N2O/c1-14(2)8-6(5-15)3-4-7(13-8)9(10,11)12/h3-4,15H,5H2,1-2H3. The number of anilines is 1. The normalized spacial score (nSPS) is 11.6. The highest BCUT2D eigenvalue weighted by Gasteiger charge is 2.33. The first kappa shape index (κ1) is 11.8. The quantitative estimate of drug-likeness (QED) is 0.823. The number of rotatable bonds is 2. The maximum atomic E-state index is 12.3. The number of nitrogens with zero attached hydrogens (tertiary/aromatic N) is 2. The molecular weight excluding hydrogens is 209 g/mol. The van der Waals surface area contributed by atoms with Crippen LogP contribution in [0.3, 0.4) is 0 Å². The summed E-state index contributed by atoms with van der Waals surface area (Å²) in [7, 11) is 3.14. The van der Waals surface area contributed by atoms with Crippen LogP contribution in [0.5, 0.6) is 0 Å². The van der Waals surface area contributed by atoms with Crippen LogP contribution >= 0.6 is 0 Å². The van der Waals surface area contributed by atoms with Crippen molar-refractivity contribution in [2.75, 3.05) is 19.0 Å². The first-order chi connectivity index (χ1) is 6.86. The lowest BCUT2D eigenvalue weighted by Gasteiger charge is -2.17. The minimum Gasteiger partial charge on any atom is -0.392 e. The van der Waals surface area contributed by atoms with Crippen molar-refractivity contribution in [2.24, 2.45) is 0 Å². The van der Waals surface area contributed by atoms with Crippen LogP contribution in [0.1, 0.15) is 11.3 Å². The average Bonchev–Trinajstić information content (AvgIpc) is 2.15. The maximum Gasteiger partial charge on any atom is 0.433 e. The van der Waals surface area contributed by atoms with Crippen molar-refractivity contribution in [3.05, 3.63) is 23.4 Å². The summed E-state index contributed by atoms with van der Waals surface area (Å²) in [5.74, 6) is 0.132. The van der Waals surface area contributed by atoms with Crippen molar-refractivity contribution in [2.45, 2.75) is 12.8 Å². The van der Waals surface area contributed by atoms with Crippen molar-refractivity contribution in [3.8, 4) is 0 Å². The molecule has 0 saturated heterocycles. The number of halogens is 3. The van der Waals surface area contributed by atoms with Crippen LogP contribution in [0.25, 0.3) is 0 Å². The third-order valence-electron chi connectivity index (χ3n) is 1.84. The van der Waals surface area contributed by atoms with E-state index in [4.69, 9.17) is 5.11 Å². The predicted octanol–water partition coefficient (Wildman–Crippen LogP) is 1.66. The van der Waals surface area contributed by atoms with Gasteiger partial charge in [-0.3, -0.25) is 0 Å². The van der Waals surface area contributed by atoms with Crippen molar-refractivity contribution >= 4 is 5.82 Å². The van der Waals surface area contributed by atoms with Gasteiger partial charge in [-0.25, -0.2) is 4.98 Å². The molecule has 0 unspecified atom stereocenters. The van der Waals surface area contributed by atoms with E-state index < -0.39 is 11.9 Å². The molecule has 1 N–H and O–H groups in total. The van der Waals surface area contributed by atoms with E-state index in [1.165, 1.54) is 11.0 Å². The van der Waals surface area contributed by atoms with Gasteiger partial charge in [0.2, 0.25) is 0 Å². The van der Waals surface area contributed by atoms with Gasteiger partial charge in [-0.2, -0.15) is 13.2 Å². The van der Waals surface area contributed by atoms with Gasteiger partial charge in [0, 0.05) is 19.7 Å². The first-order valence-electron chi connectivity index (χ1n) is 4.21. The summed E-state index contributed by atoms with van der Waals surface area (Å²) in [5, 5.41) is 8.91. The van der Waals surface area contributed by atoms with E-state index in [0.29, 0.717) is 5.56 Å². The van der Waals surface area contributed by atoms with Crippen LogP contribution in [0.2, 0.25) is 0 Å². The van der Waals surface area contributed by atoms with Crippen LogP contribution in [-0.2, 0) is 12.8 Å². The fourth-order valence-corrected chi connectivity index (χ4v) is 1.15. The maximum absolute atomic E-state index is 12.3. The summed E-state index contributed by atoms with van der Waals surface area (Å²) < 4.78 is 37.0. The van der Waals surface area contributed by atoms with Gasteiger partial charge in [0.25, 0.3) is 0 Å². The minimum absolute atomic E-state index is 0.132. The lowest BCUT2D eigenvalue weighted by molar-refractivity contribution is -0.141. The van der Waals surface area contributed by atoms with Gasteiger partial charge in [-0.1, -0.05) is 6.07 Å². The van der Waals surface area contributed by atoms with Crippen LogP contribution in [0, 0.1) is 0 Å². The zero-order valence-electron chi connectivity index (χ0n) is 8.34. The zero-order chi connectivity index (χ0) is 11.6. The third kappa shape index (κ3) is 2.59. The zero-order valence-corrected chi connectivity index (χ0v) is 8.34. The fraction of sp³-hybridized carbons (Fsp3) is 0.444. The Balaban J connectivity index is 3.22. The molecule has 0 amide bonds. The number of aliphatic hydroxyl groups excluding tert-OH is 1. The Bertz CT molecular complexity index is 350. The van der Waals surface area contributed by atoms with Gasteiger partial charge >= 0.3 is 6.18 Å². The van der Waals surface area contributed by atoms with Gasteiger partial charge in [-0.15, -0.1) is 0 Å². The predicted molar refractivity (Wildman–Crippen MR) is 49.5 cm³/mol. The molecule has 0 spiro atoms. The molecule has 0 aliphatic rings. The lowest BCUT2D eigenvalue weighted by atomic mass is 10.2. The number of hydrogen-bond acceptors (Lipinski definition) is 3. The van der Waals surface area contributed by atoms with E-state index in [9.17, 15) is 13.2 Å². The Morgan fingerprint density at radius 1 is 1.33 bits per heavy atom. The topological polar surface area (TPSA) is 36.4 Å². The molecule has 0 aliphatic carbocycles. The van der Waals surface area contributed by atoms with E-state index >= 15 is 0 Å². The van der Waals surface area contributed by atoms with E-state index in [2.05, 4.69) is 4.98 Å². The molecule has 0 aliphatic heterocycles. The van der Waals surface area contributed by atoms with Crippen molar-refractivity contribution in [3.63, 3.8) is 0 Å². The number of aliphatic hydroxyl groups is 1. The van der Waals surface area contributed by atoms with Gasteiger partial charge in [0.05, 0.1) is 6.61 Å². The Morgan fingerprint density at radius 3 is 2.33 bits per heavy atom. The summed E-state index contributed by atoms with van der Waals surface area (Å²) >= 11 is 0. The average molecular weight is 220 g/mol. The summed E-state index contributed by atoms with van der Waals surface area (Å²) in [6, 6.07) is 2.09. The fourth-order valence-electron chi connectivity index (χ4n) is 1.15. The van der Waals surface area contributed by atoms with Crippen LogP contribution in [-0.4, -0.2) is 24.2 Å².